The summed E-state index contributed by atoms with van der Waals surface area (Å²) >= 11 is 1.78. The average molecular weight is 491 g/mol. The highest BCUT2D eigenvalue weighted by Gasteiger charge is 2.32. The zero-order chi connectivity index (χ0) is 24.5. The molecule has 1 aromatic carbocycles. The number of hydrogen-bond acceptors (Lipinski definition) is 6. The number of carbonyl (C=O) groups is 2. The molecule has 1 N–H and O–H groups in total. The van der Waals surface area contributed by atoms with Crippen molar-refractivity contribution in [2.24, 2.45) is 0 Å². The minimum absolute atomic E-state index is 0.172. The summed E-state index contributed by atoms with van der Waals surface area (Å²) in [6.45, 7) is 7.56. The van der Waals surface area contributed by atoms with Gasteiger partial charge in [0.05, 0.1) is 12.1 Å². The van der Waals surface area contributed by atoms with Crippen LogP contribution in [-0.2, 0) is 4.79 Å². The number of fused-ring (bicyclic) bond motifs is 1. The Morgan fingerprint density at radius 3 is 2.57 bits per heavy atom. The number of aromatic carboxylic acids is 1. The minimum atomic E-state index is -0.975. The number of aromatic nitrogens is 1. The summed E-state index contributed by atoms with van der Waals surface area (Å²) in [6.07, 6.45) is 4.49. The zero-order valence-electron chi connectivity index (χ0n) is 20.1. The number of carboxylic acids is 1. The molecular weight excluding hydrogens is 460 g/mol. The van der Waals surface area contributed by atoms with E-state index in [0.717, 1.165) is 31.9 Å². The lowest BCUT2D eigenvalue weighted by Crippen LogP contribution is -2.59. The van der Waals surface area contributed by atoms with E-state index in [1.165, 1.54) is 27.4 Å². The molecule has 35 heavy (non-hydrogen) atoms. The van der Waals surface area contributed by atoms with Crippen LogP contribution in [0.25, 0.3) is 15.7 Å². The molecule has 0 unspecified atom stereocenters. The normalized spacial score (nSPS) is 21.3. The SMILES string of the molecule is C[C@@H]1CN(c2ccc(C(=O)O)cn2)C[C@H](C)N1CC(=O)N1CC=C(c2cccc3ccsc23)CC1. The van der Waals surface area contributed by atoms with Crippen LogP contribution in [0.3, 0.4) is 0 Å². The van der Waals surface area contributed by atoms with Crippen molar-refractivity contribution in [2.45, 2.75) is 32.4 Å². The average Bonchev–Trinajstić information content (AvgIpc) is 3.35. The lowest BCUT2D eigenvalue weighted by atomic mass is 9.98. The highest BCUT2D eigenvalue weighted by molar-refractivity contribution is 7.17. The van der Waals surface area contributed by atoms with Gasteiger partial charge in [0.2, 0.25) is 5.91 Å². The van der Waals surface area contributed by atoms with Gasteiger partial charge in [0.25, 0.3) is 0 Å². The molecule has 182 valence electrons. The molecule has 1 amide bonds. The summed E-state index contributed by atoms with van der Waals surface area (Å²) in [4.78, 5) is 35.1. The molecule has 0 bridgehead atoms. The van der Waals surface area contributed by atoms with E-state index in [0.29, 0.717) is 13.1 Å². The zero-order valence-corrected chi connectivity index (χ0v) is 20.9. The maximum absolute atomic E-state index is 13.2. The van der Waals surface area contributed by atoms with Gasteiger partial charge in [-0.1, -0.05) is 24.3 Å². The molecule has 8 heteroatoms. The van der Waals surface area contributed by atoms with Gasteiger partial charge >= 0.3 is 5.97 Å². The predicted octanol–water partition coefficient (Wildman–Crippen LogP) is 4.21. The smallest absolute Gasteiger partial charge is 0.337 e. The van der Waals surface area contributed by atoms with Gasteiger partial charge in [-0.05, 0) is 60.4 Å². The molecule has 2 aromatic heterocycles. The van der Waals surface area contributed by atoms with Crippen molar-refractivity contribution >= 4 is 44.7 Å². The molecule has 7 nitrogen and oxygen atoms in total. The van der Waals surface area contributed by atoms with E-state index in [1.54, 1.807) is 23.5 Å². The van der Waals surface area contributed by atoms with Crippen LogP contribution in [0, 0.1) is 0 Å². The van der Waals surface area contributed by atoms with E-state index >= 15 is 0 Å². The van der Waals surface area contributed by atoms with Crippen LogP contribution in [0.15, 0.2) is 54.1 Å². The number of pyridine rings is 1. The van der Waals surface area contributed by atoms with Crippen molar-refractivity contribution in [3.05, 3.63) is 65.2 Å². The van der Waals surface area contributed by atoms with Gasteiger partial charge in [-0.15, -0.1) is 11.3 Å². The standard InChI is InChI=1S/C27H30N4O3S/c1-18-15-30(24-7-6-22(14-28-24)27(33)34)16-19(2)31(18)17-25(32)29-11-8-20(9-12-29)23-5-3-4-21-10-13-35-26(21)23/h3-8,10,13-14,18-19H,9,11-12,15-17H2,1-2H3,(H,33,34)/t18-,19+. The van der Waals surface area contributed by atoms with Gasteiger partial charge in [-0.3, -0.25) is 9.69 Å². The van der Waals surface area contributed by atoms with Crippen LogP contribution < -0.4 is 4.90 Å². The lowest BCUT2D eigenvalue weighted by molar-refractivity contribution is -0.133. The second kappa shape index (κ2) is 9.79. The fourth-order valence-corrected chi connectivity index (χ4v) is 6.15. The maximum Gasteiger partial charge on any atom is 0.337 e. The van der Waals surface area contributed by atoms with Crippen LogP contribution in [0.4, 0.5) is 5.82 Å². The second-order valence-corrected chi connectivity index (χ2v) is 10.4. The first kappa shape index (κ1) is 23.5. The van der Waals surface area contributed by atoms with Gasteiger partial charge in [-0.25, -0.2) is 9.78 Å². The molecule has 2 aliphatic heterocycles. The summed E-state index contributed by atoms with van der Waals surface area (Å²) < 4.78 is 1.33. The van der Waals surface area contributed by atoms with Crippen molar-refractivity contribution in [3.8, 4) is 0 Å². The molecule has 0 saturated carbocycles. The third-order valence-corrected chi connectivity index (χ3v) is 8.09. The molecule has 4 heterocycles. The van der Waals surface area contributed by atoms with Crippen LogP contribution in [0.1, 0.15) is 36.2 Å². The first-order valence-corrected chi connectivity index (χ1v) is 12.9. The maximum atomic E-state index is 13.2. The van der Waals surface area contributed by atoms with Crippen LogP contribution >= 0.6 is 11.3 Å². The largest absolute Gasteiger partial charge is 0.478 e. The van der Waals surface area contributed by atoms with Crippen LogP contribution in [0.5, 0.6) is 0 Å². The van der Waals surface area contributed by atoms with E-state index in [2.05, 4.69) is 64.4 Å². The van der Waals surface area contributed by atoms with Gasteiger partial charge in [0, 0.05) is 49.2 Å². The Morgan fingerprint density at radius 2 is 1.91 bits per heavy atom. The molecular formula is C27H30N4O3S. The van der Waals surface area contributed by atoms with Gasteiger partial charge < -0.3 is 14.9 Å². The van der Waals surface area contributed by atoms with Gasteiger partial charge in [-0.2, -0.15) is 0 Å². The molecule has 1 fully saturated rings. The Morgan fingerprint density at radius 1 is 1.11 bits per heavy atom. The highest BCUT2D eigenvalue weighted by atomic mass is 32.1. The first-order valence-electron chi connectivity index (χ1n) is 12.0. The molecule has 2 aliphatic rings. The molecule has 5 rings (SSSR count). The molecule has 3 aromatic rings. The summed E-state index contributed by atoms with van der Waals surface area (Å²) in [5.41, 5.74) is 2.82. The number of hydrogen-bond donors (Lipinski definition) is 1. The van der Waals surface area contributed by atoms with Crippen LogP contribution in [0.2, 0.25) is 0 Å². The Bertz CT molecular complexity index is 1260. The van der Waals surface area contributed by atoms with E-state index in [9.17, 15) is 9.59 Å². The Labute approximate surface area is 209 Å². The minimum Gasteiger partial charge on any atom is -0.478 e. The van der Waals surface area contributed by atoms with Crippen molar-refractivity contribution < 1.29 is 14.7 Å². The first-order chi connectivity index (χ1) is 16.9. The molecule has 0 spiro atoms. The highest BCUT2D eigenvalue weighted by Crippen LogP contribution is 2.32. The second-order valence-electron chi connectivity index (χ2n) is 9.45. The number of carbonyl (C=O) groups excluding carboxylic acids is 1. The summed E-state index contributed by atoms with van der Waals surface area (Å²) in [5.74, 6) is -0.0303. The number of carboxylic acid groups (broad SMARTS) is 1. The summed E-state index contributed by atoms with van der Waals surface area (Å²) in [7, 11) is 0. The predicted molar refractivity (Wildman–Crippen MR) is 140 cm³/mol. The number of benzene rings is 1. The topological polar surface area (TPSA) is 77.0 Å². The number of rotatable bonds is 5. The van der Waals surface area contributed by atoms with Gasteiger partial charge in [0.1, 0.15) is 5.82 Å². The number of thiophene rings is 1. The molecule has 2 atom stereocenters. The van der Waals surface area contributed by atoms with Crippen LogP contribution in [-0.4, -0.2) is 76.6 Å². The summed E-state index contributed by atoms with van der Waals surface area (Å²) in [6, 6.07) is 12.3. The fraction of sp³-hybridized carbons (Fsp3) is 0.370. The molecule has 1 saturated heterocycles. The lowest BCUT2D eigenvalue weighted by Gasteiger charge is -2.45. The fourth-order valence-electron chi connectivity index (χ4n) is 5.20. The van der Waals surface area contributed by atoms with Gasteiger partial charge in [0.15, 0.2) is 0 Å². The van der Waals surface area contributed by atoms with E-state index in [4.69, 9.17) is 5.11 Å². The third kappa shape index (κ3) is 4.81. The number of nitrogens with zero attached hydrogens (tertiary/aromatic N) is 4. The number of anilines is 1. The molecule has 0 radical (unpaired) electrons. The van der Waals surface area contributed by atoms with E-state index in [1.807, 2.05) is 4.90 Å². The van der Waals surface area contributed by atoms with Crippen molar-refractivity contribution in [2.75, 3.05) is 37.6 Å². The number of amides is 1. The monoisotopic (exact) mass is 490 g/mol. The van der Waals surface area contributed by atoms with Crippen molar-refractivity contribution in [3.63, 3.8) is 0 Å². The van der Waals surface area contributed by atoms with Crippen molar-refractivity contribution in [1.29, 1.82) is 0 Å². The quantitative estimate of drug-likeness (QED) is 0.577. The Kier molecular flexibility index (Phi) is 6.58. The Hall–Kier alpha value is -3.23. The summed E-state index contributed by atoms with van der Waals surface area (Å²) in [5, 5.41) is 12.5. The third-order valence-electron chi connectivity index (χ3n) is 7.12. The Balaban J connectivity index is 1.20. The van der Waals surface area contributed by atoms with E-state index < -0.39 is 5.97 Å². The molecule has 0 aliphatic carbocycles. The van der Waals surface area contributed by atoms with E-state index in [-0.39, 0.29) is 23.6 Å². The number of piperazine rings is 1. The van der Waals surface area contributed by atoms with Crippen molar-refractivity contribution in [1.82, 2.24) is 14.8 Å².